The van der Waals surface area contributed by atoms with E-state index < -0.39 is 28.4 Å². The number of fused-ring (bicyclic) bond motifs is 1. The number of aromatic nitrogens is 1. The molecule has 0 bridgehead atoms. The molecule has 35 heavy (non-hydrogen) atoms. The zero-order chi connectivity index (χ0) is 25.2. The Morgan fingerprint density at radius 2 is 1.60 bits per heavy atom. The molecule has 3 aromatic carbocycles. The number of esters is 1. The van der Waals surface area contributed by atoms with Gasteiger partial charge in [-0.15, -0.1) is 0 Å². The van der Waals surface area contributed by atoms with Crippen molar-refractivity contribution in [2.45, 2.75) is 25.2 Å². The summed E-state index contributed by atoms with van der Waals surface area (Å²) < 4.78 is 34.9. The fraction of sp³-hybridized carbons (Fsp3) is 0.185. The Morgan fingerprint density at radius 3 is 2.29 bits per heavy atom. The topological polar surface area (TPSA) is 85.7 Å². The molecular weight excluding hydrogens is 464 g/mol. The largest absolute Gasteiger partial charge is 0.465 e. The van der Waals surface area contributed by atoms with E-state index in [0.717, 1.165) is 15.4 Å². The lowest BCUT2D eigenvalue weighted by atomic mass is 10.1. The van der Waals surface area contributed by atoms with Crippen LogP contribution < -0.4 is 4.31 Å². The van der Waals surface area contributed by atoms with E-state index in [9.17, 15) is 18.0 Å². The van der Waals surface area contributed by atoms with Gasteiger partial charge in [0.05, 0.1) is 28.8 Å². The minimum atomic E-state index is -4.07. The third-order valence-corrected chi connectivity index (χ3v) is 7.69. The third-order valence-electron chi connectivity index (χ3n) is 5.92. The maximum atomic E-state index is 13.8. The lowest BCUT2D eigenvalue weighted by Gasteiger charge is -2.26. The van der Waals surface area contributed by atoms with Crippen molar-refractivity contribution in [1.82, 2.24) is 4.57 Å². The molecule has 0 saturated carbocycles. The normalized spacial score (nSPS) is 11.4. The number of ether oxygens (including phenoxy) is 1. The molecule has 0 spiro atoms. The van der Waals surface area contributed by atoms with Gasteiger partial charge in [0.1, 0.15) is 6.54 Å². The van der Waals surface area contributed by atoms with Crippen molar-refractivity contribution >= 4 is 38.5 Å². The summed E-state index contributed by atoms with van der Waals surface area (Å²) in [7, 11) is -2.79. The van der Waals surface area contributed by atoms with Crippen LogP contribution in [-0.4, -0.2) is 38.5 Å². The zero-order valence-corrected chi connectivity index (χ0v) is 20.6. The van der Waals surface area contributed by atoms with Crippen LogP contribution in [0, 0.1) is 6.92 Å². The standard InChI is InChI=1S/C27H26N2O5S/c1-4-20-9-5-7-11-24(20)29(35(32,33)21-15-13-19(2)14-16-21)18-26(30)28-17-23(27(31)34-3)22-10-6-8-12-25(22)28/h5-17H,4,18H2,1-3H3. The van der Waals surface area contributed by atoms with Crippen LogP contribution in [-0.2, 0) is 21.2 Å². The summed E-state index contributed by atoms with van der Waals surface area (Å²) in [6.07, 6.45) is 1.99. The van der Waals surface area contributed by atoms with Gasteiger partial charge in [0.2, 0.25) is 0 Å². The molecule has 0 aliphatic carbocycles. The number of para-hydroxylation sites is 2. The van der Waals surface area contributed by atoms with E-state index in [1.54, 1.807) is 48.5 Å². The molecule has 0 atom stereocenters. The molecule has 0 saturated heterocycles. The first-order chi connectivity index (χ1) is 16.8. The summed E-state index contributed by atoms with van der Waals surface area (Å²) in [4.78, 5) is 26.0. The average Bonchev–Trinajstić information content (AvgIpc) is 3.27. The Labute approximate surface area is 204 Å². The van der Waals surface area contributed by atoms with Crippen molar-refractivity contribution in [3.63, 3.8) is 0 Å². The molecule has 8 heteroatoms. The monoisotopic (exact) mass is 490 g/mol. The second kappa shape index (κ2) is 9.76. The number of hydrogen-bond donors (Lipinski definition) is 0. The van der Waals surface area contributed by atoms with Crippen LogP contribution in [0.1, 0.15) is 33.2 Å². The van der Waals surface area contributed by atoms with Crippen LogP contribution in [0.4, 0.5) is 5.69 Å². The Kier molecular flexibility index (Phi) is 6.75. The second-order valence-corrected chi connectivity index (χ2v) is 9.98. The van der Waals surface area contributed by atoms with E-state index in [2.05, 4.69) is 0 Å². The van der Waals surface area contributed by atoms with E-state index in [-0.39, 0.29) is 10.5 Å². The predicted molar refractivity (Wildman–Crippen MR) is 135 cm³/mol. The summed E-state index contributed by atoms with van der Waals surface area (Å²) in [5.74, 6) is -1.08. The molecule has 1 heterocycles. The second-order valence-electron chi connectivity index (χ2n) is 8.12. The summed E-state index contributed by atoms with van der Waals surface area (Å²) in [5.41, 5.74) is 2.89. The molecule has 4 rings (SSSR count). The molecular formula is C27H26N2O5S. The number of hydrogen-bond acceptors (Lipinski definition) is 5. The zero-order valence-electron chi connectivity index (χ0n) is 19.8. The molecule has 0 radical (unpaired) electrons. The summed E-state index contributed by atoms with van der Waals surface area (Å²) in [6.45, 7) is 3.35. The van der Waals surface area contributed by atoms with E-state index in [1.165, 1.54) is 30.0 Å². The van der Waals surface area contributed by atoms with Crippen molar-refractivity contribution in [3.05, 3.63) is 95.7 Å². The molecule has 4 aromatic rings. The molecule has 0 amide bonds. The van der Waals surface area contributed by atoms with Crippen molar-refractivity contribution in [1.29, 1.82) is 0 Å². The van der Waals surface area contributed by atoms with Crippen LogP contribution in [0.3, 0.4) is 0 Å². The highest BCUT2D eigenvalue weighted by atomic mass is 32.2. The fourth-order valence-corrected chi connectivity index (χ4v) is 5.50. The maximum absolute atomic E-state index is 13.8. The lowest BCUT2D eigenvalue weighted by molar-refractivity contribution is 0.0603. The first kappa shape index (κ1) is 24.2. The SMILES string of the molecule is CCc1ccccc1N(CC(=O)n1cc(C(=O)OC)c2ccccc21)S(=O)(=O)c1ccc(C)cc1. The number of aryl methyl sites for hydroxylation is 2. The van der Waals surface area contributed by atoms with Gasteiger partial charge in [0, 0.05) is 11.6 Å². The van der Waals surface area contributed by atoms with E-state index in [1.807, 2.05) is 26.0 Å². The highest BCUT2D eigenvalue weighted by Gasteiger charge is 2.30. The molecule has 180 valence electrons. The molecule has 0 N–H and O–H groups in total. The smallest absolute Gasteiger partial charge is 0.340 e. The number of benzene rings is 3. The van der Waals surface area contributed by atoms with Crippen molar-refractivity contribution in [3.8, 4) is 0 Å². The van der Waals surface area contributed by atoms with Gasteiger partial charge in [-0.1, -0.05) is 61.0 Å². The Morgan fingerprint density at radius 1 is 0.943 bits per heavy atom. The number of anilines is 1. The van der Waals surface area contributed by atoms with Gasteiger partial charge >= 0.3 is 5.97 Å². The molecule has 0 unspecified atom stereocenters. The minimum Gasteiger partial charge on any atom is -0.465 e. The first-order valence-electron chi connectivity index (χ1n) is 11.2. The quantitative estimate of drug-likeness (QED) is 0.346. The highest BCUT2D eigenvalue weighted by molar-refractivity contribution is 7.92. The van der Waals surface area contributed by atoms with E-state index >= 15 is 0 Å². The lowest BCUT2D eigenvalue weighted by Crippen LogP contribution is -2.38. The number of nitrogens with zero attached hydrogens (tertiary/aromatic N) is 2. The first-order valence-corrected chi connectivity index (χ1v) is 12.6. The number of rotatable bonds is 7. The van der Waals surface area contributed by atoms with Gasteiger partial charge in [-0.05, 0) is 43.2 Å². The molecule has 1 aromatic heterocycles. The number of carbonyl (C=O) groups excluding carboxylic acids is 2. The maximum Gasteiger partial charge on any atom is 0.340 e. The van der Waals surface area contributed by atoms with Crippen LogP contribution in [0.15, 0.2) is 83.9 Å². The van der Waals surface area contributed by atoms with Gasteiger partial charge in [0.25, 0.3) is 15.9 Å². The third kappa shape index (κ3) is 4.57. The van der Waals surface area contributed by atoms with Crippen LogP contribution in [0.25, 0.3) is 10.9 Å². The van der Waals surface area contributed by atoms with E-state index in [0.29, 0.717) is 23.0 Å². The van der Waals surface area contributed by atoms with Gasteiger partial charge < -0.3 is 4.74 Å². The van der Waals surface area contributed by atoms with Gasteiger partial charge in [-0.2, -0.15) is 0 Å². The molecule has 0 aliphatic rings. The molecule has 0 aliphatic heterocycles. The van der Waals surface area contributed by atoms with Crippen molar-refractivity contribution < 1.29 is 22.7 Å². The molecule has 0 fully saturated rings. The summed E-state index contributed by atoms with van der Waals surface area (Å²) in [6, 6.07) is 20.6. The summed E-state index contributed by atoms with van der Waals surface area (Å²) >= 11 is 0. The van der Waals surface area contributed by atoms with Crippen LogP contribution in [0.2, 0.25) is 0 Å². The van der Waals surface area contributed by atoms with Crippen molar-refractivity contribution in [2.24, 2.45) is 0 Å². The van der Waals surface area contributed by atoms with Gasteiger partial charge in [-0.3, -0.25) is 13.7 Å². The highest BCUT2D eigenvalue weighted by Crippen LogP contribution is 2.29. The Balaban J connectivity index is 1.84. The fourth-order valence-electron chi connectivity index (χ4n) is 4.05. The summed E-state index contributed by atoms with van der Waals surface area (Å²) in [5, 5.41) is 0.551. The van der Waals surface area contributed by atoms with Crippen LogP contribution >= 0.6 is 0 Å². The van der Waals surface area contributed by atoms with Crippen molar-refractivity contribution in [2.75, 3.05) is 18.0 Å². The molecule has 7 nitrogen and oxygen atoms in total. The van der Waals surface area contributed by atoms with Crippen LogP contribution in [0.5, 0.6) is 0 Å². The minimum absolute atomic E-state index is 0.0921. The Hall–Kier alpha value is -3.91. The number of carbonyl (C=O) groups is 2. The average molecular weight is 491 g/mol. The predicted octanol–water partition coefficient (Wildman–Crippen LogP) is 4.83. The van der Waals surface area contributed by atoms with Gasteiger partial charge in [-0.25, -0.2) is 13.2 Å². The van der Waals surface area contributed by atoms with E-state index in [4.69, 9.17) is 4.74 Å². The Bertz CT molecular complexity index is 1500. The number of sulfonamides is 1. The van der Waals surface area contributed by atoms with Gasteiger partial charge in [0.15, 0.2) is 0 Å². The number of methoxy groups -OCH3 is 1.